The van der Waals surface area contributed by atoms with Gasteiger partial charge in [0.15, 0.2) is 5.78 Å². The van der Waals surface area contributed by atoms with Crippen LogP contribution in [-0.4, -0.2) is 43.4 Å². The summed E-state index contributed by atoms with van der Waals surface area (Å²) in [6.45, 7) is 7.53. The molecule has 0 radical (unpaired) electrons. The zero-order valence-corrected chi connectivity index (χ0v) is 10.8. The first kappa shape index (κ1) is 15.1. The van der Waals surface area contributed by atoms with Gasteiger partial charge in [0.05, 0.1) is 13.2 Å². The molecule has 0 aromatic heterocycles. The summed E-state index contributed by atoms with van der Waals surface area (Å²) in [6, 6.07) is 0. The minimum atomic E-state index is -0.426. The molecular formula is C12H23NO3. The highest BCUT2D eigenvalue weighted by atomic mass is 16.5. The van der Waals surface area contributed by atoms with Gasteiger partial charge in [0.1, 0.15) is 6.42 Å². The second-order valence-corrected chi connectivity index (χ2v) is 4.23. The zero-order valence-electron chi connectivity index (χ0n) is 10.8. The Morgan fingerprint density at radius 2 is 1.94 bits per heavy atom. The van der Waals surface area contributed by atoms with E-state index in [9.17, 15) is 9.59 Å². The summed E-state index contributed by atoms with van der Waals surface area (Å²) in [5.74, 6) is 0.0640. The lowest BCUT2D eigenvalue weighted by Crippen LogP contribution is -2.31. The fourth-order valence-corrected chi connectivity index (χ4v) is 1.46. The smallest absolute Gasteiger partial charge is 0.313 e. The molecule has 0 bridgehead atoms. The van der Waals surface area contributed by atoms with Gasteiger partial charge in [0.25, 0.3) is 0 Å². The van der Waals surface area contributed by atoms with Crippen LogP contribution in [-0.2, 0) is 14.3 Å². The molecule has 0 aliphatic heterocycles. The number of likely N-dealkylation sites (N-methyl/N-ethyl adjacent to an activating group) is 1. The van der Waals surface area contributed by atoms with Gasteiger partial charge in [-0.05, 0) is 19.9 Å². The predicted octanol–water partition coefficient (Wildman–Crippen LogP) is 1.49. The average Bonchev–Trinajstić information content (AvgIpc) is 2.16. The number of ketones is 1. The maximum Gasteiger partial charge on any atom is 0.313 e. The van der Waals surface area contributed by atoms with Gasteiger partial charge in [-0.1, -0.05) is 20.3 Å². The number of hydrogen-bond acceptors (Lipinski definition) is 4. The van der Waals surface area contributed by atoms with Crippen LogP contribution in [0.4, 0.5) is 0 Å². The number of rotatable bonds is 8. The Labute approximate surface area is 98.0 Å². The molecule has 0 spiro atoms. The van der Waals surface area contributed by atoms with E-state index in [1.807, 2.05) is 11.9 Å². The summed E-state index contributed by atoms with van der Waals surface area (Å²) < 4.78 is 4.72. The Morgan fingerprint density at radius 1 is 1.31 bits per heavy atom. The summed E-state index contributed by atoms with van der Waals surface area (Å²) in [6.07, 6.45) is 0.981. The maximum atomic E-state index is 11.5. The fourth-order valence-electron chi connectivity index (χ4n) is 1.46. The first-order chi connectivity index (χ1) is 7.49. The first-order valence-corrected chi connectivity index (χ1v) is 5.85. The Hall–Kier alpha value is -0.900. The van der Waals surface area contributed by atoms with Crippen molar-refractivity contribution in [3.05, 3.63) is 0 Å². The van der Waals surface area contributed by atoms with E-state index in [-0.39, 0.29) is 12.2 Å². The molecule has 1 unspecified atom stereocenters. The minimum absolute atomic E-state index is 0.0794. The molecule has 0 fully saturated rings. The van der Waals surface area contributed by atoms with Gasteiger partial charge in [0.2, 0.25) is 0 Å². The molecule has 0 saturated carbocycles. The van der Waals surface area contributed by atoms with Gasteiger partial charge in [0, 0.05) is 6.54 Å². The SMILES string of the molecule is CCOC(=O)CC(=O)CN(C)CC(C)CC. The Balaban J connectivity index is 3.82. The Kier molecular flexibility index (Phi) is 7.81. The third-order valence-corrected chi connectivity index (χ3v) is 2.41. The van der Waals surface area contributed by atoms with Gasteiger partial charge in [-0.2, -0.15) is 0 Å². The third-order valence-electron chi connectivity index (χ3n) is 2.41. The maximum absolute atomic E-state index is 11.5. The van der Waals surface area contributed by atoms with Crippen molar-refractivity contribution in [3.8, 4) is 0 Å². The van der Waals surface area contributed by atoms with Crippen molar-refractivity contribution in [3.63, 3.8) is 0 Å². The highest BCUT2D eigenvalue weighted by Crippen LogP contribution is 2.02. The first-order valence-electron chi connectivity index (χ1n) is 5.85. The van der Waals surface area contributed by atoms with Crippen LogP contribution in [0.1, 0.15) is 33.6 Å². The highest BCUT2D eigenvalue weighted by molar-refractivity contribution is 5.96. The van der Waals surface area contributed by atoms with Crippen LogP contribution in [0.25, 0.3) is 0 Å². The molecule has 16 heavy (non-hydrogen) atoms. The molecular weight excluding hydrogens is 206 g/mol. The second kappa shape index (κ2) is 8.28. The molecule has 4 nitrogen and oxygen atoms in total. The largest absolute Gasteiger partial charge is 0.466 e. The third kappa shape index (κ3) is 7.40. The van der Waals surface area contributed by atoms with E-state index < -0.39 is 5.97 Å². The van der Waals surface area contributed by atoms with Crippen molar-refractivity contribution >= 4 is 11.8 Å². The molecule has 1 atom stereocenters. The molecule has 0 amide bonds. The van der Waals surface area contributed by atoms with E-state index in [1.54, 1.807) is 6.92 Å². The van der Waals surface area contributed by atoms with E-state index in [0.29, 0.717) is 19.1 Å². The number of hydrogen-bond donors (Lipinski definition) is 0. The lowest BCUT2D eigenvalue weighted by Gasteiger charge is -2.19. The van der Waals surface area contributed by atoms with Crippen LogP contribution < -0.4 is 0 Å². The average molecular weight is 229 g/mol. The van der Waals surface area contributed by atoms with Crippen molar-refractivity contribution in [2.24, 2.45) is 5.92 Å². The summed E-state index contributed by atoms with van der Waals surface area (Å²) >= 11 is 0. The summed E-state index contributed by atoms with van der Waals surface area (Å²) in [7, 11) is 1.90. The van der Waals surface area contributed by atoms with Crippen molar-refractivity contribution < 1.29 is 14.3 Å². The van der Waals surface area contributed by atoms with E-state index in [1.165, 1.54) is 0 Å². The molecule has 0 N–H and O–H groups in total. The van der Waals surface area contributed by atoms with Crippen LogP contribution in [0.3, 0.4) is 0 Å². The van der Waals surface area contributed by atoms with Gasteiger partial charge in [-0.25, -0.2) is 0 Å². The molecule has 4 heteroatoms. The summed E-state index contributed by atoms with van der Waals surface area (Å²) in [5, 5.41) is 0. The summed E-state index contributed by atoms with van der Waals surface area (Å²) in [5.41, 5.74) is 0. The molecule has 0 aliphatic rings. The van der Waals surface area contributed by atoms with Gasteiger partial charge < -0.3 is 4.74 Å². The molecule has 0 saturated heterocycles. The van der Waals surface area contributed by atoms with E-state index in [0.717, 1.165) is 13.0 Å². The topological polar surface area (TPSA) is 46.6 Å². The molecule has 0 aliphatic carbocycles. The number of carbonyl (C=O) groups excluding carboxylic acids is 2. The quantitative estimate of drug-likeness (QED) is 0.467. The fraction of sp³-hybridized carbons (Fsp3) is 0.833. The van der Waals surface area contributed by atoms with Crippen molar-refractivity contribution in [1.29, 1.82) is 0 Å². The highest BCUT2D eigenvalue weighted by Gasteiger charge is 2.13. The number of carbonyl (C=O) groups is 2. The van der Waals surface area contributed by atoms with Crippen molar-refractivity contribution in [2.75, 3.05) is 26.7 Å². The van der Waals surface area contributed by atoms with Gasteiger partial charge in [-0.15, -0.1) is 0 Å². The summed E-state index contributed by atoms with van der Waals surface area (Å²) in [4.78, 5) is 24.5. The van der Waals surface area contributed by atoms with Crippen LogP contribution in [0.15, 0.2) is 0 Å². The lowest BCUT2D eigenvalue weighted by atomic mass is 10.1. The number of esters is 1. The van der Waals surface area contributed by atoms with Crippen molar-refractivity contribution in [2.45, 2.75) is 33.6 Å². The van der Waals surface area contributed by atoms with E-state index in [4.69, 9.17) is 4.74 Å². The van der Waals surface area contributed by atoms with Crippen LogP contribution in [0.5, 0.6) is 0 Å². The number of nitrogens with zero attached hydrogens (tertiary/aromatic N) is 1. The molecule has 0 heterocycles. The molecule has 0 aromatic carbocycles. The zero-order chi connectivity index (χ0) is 12.6. The van der Waals surface area contributed by atoms with Gasteiger partial charge in [-0.3, -0.25) is 14.5 Å². The van der Waals surface area contributed by atoms with Crippen LogP contribution in [0, 0.1) is 5.92 Å². The van der Waals surface area contributed by atoms with Crippen LogP contribution >= 0.6 is 0 Å². The van der Waals surface area contributed by atoms with E-state index >= 15 is 0 Å². The molecule has 94 valence electrons. The Morgan fingerprint density at radius 3 is 2.44 bits per heavy atom. The normalized spacial score (nSPS) is 12.6. The number of ether oxygens (including phenoxy) is 1. The van der Waals surface area contributed by atoms with Crippen molar-refractivity contribution in [1.82, 2.24) is 4.90 Å². The Bertz CT molecular complexity index is 228. The molecule has 0 aromatic rings. The lowest BCUT2D eigenvalue weighted by molar-refractivity contribution is -0.145. The predicted molar refractivity (Wildman–Crippen MR) is 63.2 cm³/mol. The number of Topliss-reactive ketones (excluding diaryl/α,β-unsaturated/α-hetero) is 1. The van der Waals surface area contributed by atoms with Gasteiger partial charge >= 0.3 is 5.97 Å². The second-order valence-electron chi connectivity index (χ2n) is 4.23. The van der Waals surface area contributed by atoms with E-state index in [2.05, 4.69) is 13.8 Å². The van der Waals surface area contributed by atoms with Crippen LogP contribution in [0.2, 0.25) is 0 Å². The molecule has 0 rings (SSSR count). The standard InChI is InChI=1S/C12H23NO3/c1-5-10(3)8-13(4)9-11(14)7-12(15)16-6-2/h10H,5-9H2,1-4H3. The monoisotopic (exact) mass is 229 g/mol. The minimum Gasteiger partial charge on any atom is -0.466 e.